The number of aromatic hydroxyl groups is 4. The molecular weight excluding hydrogens is 1070 g/mol. The Morgan fingerprint density at radius 2 is 0.400 bits per heavy atom. The highest BCUT2D eigenvalue weighted by Gasteiger charge is 2.58. The third-order valence-electron chi connectivity index (χ3n) is 17.1. The molecule has 4 aromatic rings. The topological polar surface area (TPSA) is 186 Å². The largest absolute Gasteiger partial charge is 0.508 e. The lowest BCUT2D eigenvalue weighted by atomic mass is 9.50. The van der Waals surface area contributed by atoms with E-state index < -0.39 is 120 Å². The van der Waals surface area contributed by atoms with E-state index >= 15 is 19.2 Å². The van der Waals surface area contributed by atoms with Gasteiger partial charge >= 0.3 is 23.9 Å². The van der Waals surface area contributed by atoms with Crippen LogP contribution in [0.1, 0.15) is 192 Å². The van der Waals surface area contributed by atoms with Crippen LogP contribution in [0.3, 0.4) is 0 Å². The summed E-state index contributed by atoms with van der Waals surface area (Å²) in [5.74, 6) is -7.34. The average molecular weight is 1180 g/mol. The standard InChI is InChI=1S/C73H108O12/c1-65(2,3)57(66(4,5)6)53(61(78)82-49-33-25-45(74)26-34-49)41-73(42-54(58(67(7,8)9)68(10,11)12)62(79)83-50-35-27-46(75)28-36-50,43-55(59(69(13,14)15)70(16,17)18)63(80)84-51-37-29-47(76)30-38-51)44-56(60(71(19,20)21)72(22,23)24)64(81)85-52-39-31-48(77)32-40-52/h25-40,53-60,74-77H,41-44H2,1-24H3. The fraction of sp³-hybridized carbons (Fsp3) is 0.616. The third kappa shape index (κ3) is 20.0. The molecule has 472 valence electrons. The molecule has 0 aliphatic rings. The van der Waals surface area contributed by atoms with Gasteiger partial charge in [-0.2, -0.15) is 0 Å². The average Bonchev–Trinajstić information content (AvgIpc) is 2.13. The van der Waals surface area contributed by atoms with Crippen LogP contribution < -0.4 is 18.9 Å². The number of phenolic OH excluding ortho intramolecular Hbond substituents is 4. The van der Waals surface area contributed by atoms with E-state index in [0.717, 1.165) is 0 Å². The highest BCUT2D eigenvalue weighted by molar-refractivity contribution is 5.79. The highest BCUT2D eigenvalue weighted by Crippen LogP contribution is 2.61. The van der Waals surface area contributed by atoms with Crippen molar-refractivity contribution in [3.63, 3.8) is 0 Å². The lowest BCUT2D eigenvalue weighted by molar-refractivity contribution is -0.159. The van der Waals surface area contributed by atoms with E-state index in [1.165, 1.54) is 48.5 Å². The van der Waals surface area contributed by atoms with Crippen LogP contribution in [-0.4, -0.2) is 44.3 Å². The van der Waals surface area contributed by atoms with Gasteiger partial charge in [-0.1, -0.05) is 166 Å². The molecule has 85 heavy (non-hydrogen) atoms. The quantitative estimate of drug-likeness (QED) is 0.0485. The van der Waals surface area contributed by atoms with Crippen LogP contribution in [0.15, 0.2) is 97.1 Å². The summed E-state index contributed by atoms with van der Waals surface area (Å²) in [6.45, 7) is 50.6. The normalized spacial score (nSPS) is 15.5. The van der Waals surface area contributed by atoms with E-state index in [4.69, 9.17) is 18.9 Å². The van der Waals surface area contributed by atoms with Gasteiger partial charge in [0.25, 0.3) is 0 Å². The van der Waals surface area contributed by atoms with Gasteiger partial charge < -0.3 is 39.4 Å². The molecular formula is C73H108O12. The molecule has 0 aromatic heterocycles. The number of esters is 4. The zero-order valence-electron chi connectivity index (χ0n) is 56.2. The van der Waals surface area contributed by atoms with E-state index in [2.05, 4.69) is 166 Å². The number of phenols is 4. The van der Waals surface area contributed by atoms with Crippen molar-refractivity contribution < 1.29 is 58.6 Å². The molecule has 12 nitrogen and oxygen atoms in total. The Morgan fingerprint density at radius 3 is 0.518 bits per heavy atom. The van der Waals surface area contributed by atoms with Gasteiger partial charge in [-0.15, -0.1) is 0 Å². The van der Waals surface area contributed by atoms with Gasteiger partial charge in [0.05, 0.1) is 23.7 Å². The smallest absolute Gasteiger partial charge is 0.314 e. The summed E-state index contributed by atoms with van der Waals surface area (Å²) in [4.78, 5) is 64.8. The molecule has 0 radical (unpaired) electrons. The first kappa shape index (κ1) is 71.4. The molecule has 4 atom stereocenters. The van der Waals surface area contributed by atoms with Gasteiger partial charge in [-0.3, -0.25) is 19.2 Å². The van der Waals surface area contributed by atoms with Gasteiger partial charge in [0.2, 0.25) is 0 Å². The number of carbonyl (C=O) groups excluding carboxylic acids is 4. The Labute approximate surface area is 511 Å². The number of carbonyl (C=O) groups is 4. The summed E-state index contributed by atoms with van der Waals surface area (Å²) in [6.07, 6.45) is -0.0512. The molecule has 4 N–H and O–H groups in total. The van der Waals surface area contributed by atoms with Crippen LogP contribution in [0.4, 0.5) is 0 Å². The van der Waals surface area contributed by atoms with Crippen LogP contribution in [0.5, 0.6) is 46.0 Å². The Morgan fingerprint density at radius 1 is 0.271 bits per heavy atom. The Bertz CT molecular complexity index is 2370. The maximum absolute atomic E-state index is 16.2. The fourth-order valence-electron chi connectivity index (χ4n) is 16.6. The number of benzene rings is 4. The van der Waals surface area contributed by atoms with Crippen molar-refractivity contribution >= 4 is 23.9 Å². The van der Waals surface area contributed by atoms with Gasteiger partial charge in [-0.25, -0.2) is 0 Å². The minimum Gasteiger partial charge on any atom is -0.508 e. The van der Waals surface area contributed by atoms with Crippen molar-refractivity contribution in [1.29, 1.82) is 0 Å². The monoisotopic (exact) mass is 1180 g/mol. The molecule has 0 heterocycles. The molecule has 0 fully saturated rings. The second-order valence-electron chi connectivity index (χ2n) is 33.2. The zero-order chi connectivity index (χ0) is 65.0. The van der Waals surface area contributed by atoms with Crippen molar-refractivity contribution in [2.75, 3.05) is 0 Å². The van der Waals surface area contributed by atoms with Crippen LogP contribution in [0, 0.1) is 96.1 Å². The van der Waals surface area contributed by atoms with Crippen molar-refractivity contribution in [1.82, 2.24) is 0 Å². The van der Waals surface area contributed by atoms with E-state index in [1.807, 2.05) is 0 Å². The number of hydrogen-bond acceptors (Lipinski definition) is 12. The maximum atomic E-state index is 16.2. The summed E-state index contributed by atoms with van der Waals surface area (Å²) in [7, 11) is 0. The van der Waals surface area contributed by atoms with E-state index in [9.17, 15) is 20.4 Å². The van der Waals surface area contributed by atoms with E-state index in [1.54, 1.807) is 48.5 Å². The summed E-state index contributed by atoms with van der Waals surface area (Å²) < 4.78 is 26.2. The van der Waals surface area contributed by atoms with Crippen molar-refractivity contribution in [2.45, 2.75) is 192 Å². The number of ether oxygens (including phenoxy) is 4. The summed E-state index contributed by atoms with van der Waals surface area (Å²) in [5.41, 5.74) is -6.25. The van der Waals surface area contributed by atoms with Gasteiger partial charge in [0, 0.05) is 0 Å². The molecule has 0 saturated carbocycles. The van der Waals surface area contributed by atoms with Crippen LogP contribution in [-0.2, 0) is 19.2 Å². The van der Waals surface area contributed by atoms with Gasteiger partial charge in [0.15, 0.2) is 0 Å². The molecule has 12 heteroatoms. The second-order valence-corrected chi connectivity index (χ2v) is 33.2. The summed E-state index contributed by atoms with van der Waals surface area (Å²) in [6, 6.07) is 24.1. The van der Waals surface area contributed by atoms with Crippen LogP contribution >= 0.6 is 0 Å². The van der Waals surface area contributed by atoms with Gasteiger partial charge in [-0.05, 0) is 195 Å². The zero-order valence-corrected chi connectivity index (χ0v) is 56.2. The Kier molecular flexibility index (Phi) is 22.3. The lowest BCUT2D eigenvalue weighted by Crippen LogP contribution is -2.52. The first-order chi connectivity index (χ1) is 38.4. The molecule has 0 aliphatic heterocycles. The number of hydrogen-bond donors (Lipinski definition) is 4. The van der Waals surface area contributed by atoms with Crippen molar-refractivity contribution in [3.05, 3.63) is 97.1 Å². The maximum Gasteiger partial charge on any atom is 0.314 e. The third-order valence-corrected chi connectivity index (χ3v) is 17.1. The minimum atomic E-state index is -1.42. The molecule has 0 saturated heterocycles. The summed E-state index contributed by atoms with van der Waals surface area (Å²) in [5, 5.41) is 41.8. The Balaban J connectivity index is 2.46. The molecule has 4 unspecified atom stereocenters. The first-order valence-electron chi connectivity index (χ1n) is 30.5. The first-order valence-corrected chi connectivity index (χ1v) is 30.5. The SMILES string of the molecule is CC(C)(C)C(C(CC(CC(C(=O)Oc1ccc(O)cc1)C(C(C)(C)C)C(C)(C)C)(CC(C(=O)Oc1ccc(O)cc1)C(C(C)(C)C)C(C)(C)C)CC(C(=O)Oc1ccc(O)cc1)C(C(C)(C)C)C(C)(C)C)C(=O)Oc1ccc(O)cc1)C(C)(C)C. The predicted molar refractivity (Wildman–Crippen MR) is 339 cm³/mol. The predicted octanol–water partition coefficient (Wildman–Crippen LogP) is 18.1. The van der Waals surface area contributed by atoms with Crippen LogP contribution in [0.25, 0.3) is 0 Å². The lowest BCUT2D eigenvalue weighted by Gasteiger charge is -2.54. The minimum absolute atomic E-state index is 0.00919. The number of rotatable bonds is 20. The van der Waals surface area contributed by atoms with Gasteiger partial charge in [0.1, 0.15) is 46.0 Å². The van der Waals surface area contributed by atoms with Crippen molar-refractivity contribution in [2.24, 2.45) is 96.1 Å². The molecule has 0 amide bonds. The summed E-state index contributed by atoms with van der Waals surface area (Å²) >= 11 is 0. The van der Waals surface area contributed by atoms with E-state index in [0.29, 0.717) is 0 Å². The molecule has 0 bridgehead atoms. The molecule has 4 aromatic carbocycles. The van der Waals surface area contributed by atoms with Crippen molar-refractivity contribution in [3.8, 4) is 46.0 Å². The molecule has 0 aliphatic carbocycles. The van der Waals surface area contributed by atoms with E-state index in [-0.39, 0.29) is 71.7 Å². The molecule has 4 rings (SSSR count). The molecule has 0 spiro atoms. The highest BCUT2D eigenvalue weighted by atomic mass is 16.5. The van der Waals surface area contributed by atoms with Crippen LogP contribution in [0.2, 0.25) is 0 Å². The fourth-order valence-corrected chi connectivity index (χ4v) is 16.6. The Hall–Kier alpha value is -6.04. The second kappa shape index (κ2) is 26.5.